The van der Waals surface area contributed by atoms with E-state index in [0.717, 1.165) is 11.3 Å². The number of hydrogen-bond acceptors (Lipinski definition) is 4. The van der Waals surface area contributed by atoms with Gasteiger partial charge in [0.05, 0.1) is 12.7 Å². The van der Waals surface area contributed by atoms with E-state index in [1.165, 1.54) is 30.5 Å². The molecular formula is C20H18FN3O2. The van der Waals surface area contributed by atoms with Gasteiger partial charge in [0.25, 0.3) is 5.91 Å². The van der Waals surface area contributed by atoms with Crippen LogP contribution < -0.4 is 15.4 Å². The minimum atomic E-state index is -0.350. The van der Waals surface area contributed by atoms with E-state index in [4.69, 9.17) is 4.74 Å². The highest BCUT2D eigenvalue weighted by molar-refractivity contribution is 6.04. The van der Waals surface area contributed by atoms with Gasteiger partial charge in [0.1, 0.15) is 17.4 Å². The maximum Gasteiger partial charge on any atom is 0.257 e. The molecule has 5 nitrogen and oxygen atoms in total. The number of pyridine rings is 1. The molecule has 0 saturated heterocycles. The van der Waals surface area contributed by atoms with Gasteiger partial charge in [-0.05, 0) is 54.1 Å². The predicted molar refractivity (Wildman–Crippen MR) is 98.9 cm³/mol. The van der Waals surface area contributed by atoms with Crippen molar-refractivity contribution >= 4 is 17.4 Å². The molecule has 3 aromatic rings. The number of aromatic nitrogens is 1. The lowest BCUT2D eigenvalue weighted by Gasteiger charge is -2.08. The molecule has 0 spiro atoms. The third-order valence-electron chi connectivity index (χ3n) is 3.76. The molecule has 26 heavy (non-hydrogen) atoms. The number of anilines is 2. The Bertz CT molecular complexity index is 863. The Labute approximate surface area is 150 Å². The van der Waals surface area contributed by atoms with E-state index in [0.29, 0.717) is 23.6 Å². The second-order valence-corrected chi connectivity index (χ2v) is 5.59. The van der Waals surface area contributed by atoms with Gasteiger partial charge < -0.3 is 15.4 Å². The average Bonchev–Trinajstić information content (AvgIpc) is 2.69. The van der Waals surface area contributed by atoms with Crippen molar-refractivity contribution < 1.29 is 13.9 Å². The monoisotopic (exact) mass is 351 g/mol. The topological polar surface area (TPSA) is 63.2 Å². The molecule has 132 valence electrons. The van der Waals surface area contributed by atoms with Crippen LogP contribution in [0.5, 0.6) is 5.75 Å². The highest BCUT2D eigenvalue weighted by Gasteiger charge is 2.07. The quantitative estimate of drug-likeness (QED) is 0.702. The number of carbonyl (C=O) groups is 1. The number of nitrogens with one attached hydrogen (secondary N) is 2. The Morgan fingerprint density at radius 2 is 1.77 bits per heavy atom. The molecule has 0 aliphatic heterocycles. The number of halogens is 1. The second kappa shape index (κ2) is 8.11. The van der Waals surface area contributed by atoms with Crippen molar-refractivity contribution in [1.82, 2.24) is 4.98 Å². The van der Waals surface area contributed by atoms with E-state index in [-0.39, 0.29) is 11.7 Å². The van der Waals surface area contributed by atoms with Gasteiger partial charge in [-0.25, -0.2) is 9.37 Å². The zero-order chi connectivity index (χ0) is 18.4. The molecular weight excluding hydrogens is 333 g/mol. The number of hydrogen-bond donors (Lipinski definition) is 2. The first-order valence-corrected chi connectivity index (χ1v) is 8.04. The second-order valence-electron chi connectivity index (χ2n) is 5.59. The lowest BCUT2D eigenvalue weighted by atomic mass is 10.2. The molecule has 0 atom stereocenters. The summed E-state index contributed by atoms with van der Waals surface area (Å²) in [5.74, 6) is 0.824. The third kappa shape index (κ3) is 4.57. The van der Waals surface area contributed by atoms with Gasteiger partial charge in [-0.15, -0.1) is 0 Å². The van der Waals surface area contributed by atoms with Gasteiger partial charge in [0, 0.05) is 18.4 Å². The zero-order valence-corrected chi connectivity index (χ0v) is 14.2. The Morgan fingerprint density at radius 3 is 2.38 bits per heavy atom. The summed E-state index contributed by atoms with van der Waals surface area (Å²) in [5.41, 5.74) is 2.04. The van der Waals surface area contributed by atoms with Crippen LogP contribution in [-0.2, 0) is 6.54 Å². The first kappa shape index (κ1) is 17.4. The molecule has 0 aliphatic carbocycles. The smallest absolute Gasteiger partial charge is 0.257 e. The summed E-state index contributed by atoms with van der Waals surface area (Å²) in [6.07, 6.45) is 1.50. The molecule has 1 aromatic heterocycles. The van der Waals surface area contributed by atoms with Crippen molar-refractivity contribution in [3.8, 4) is 5.75 Å². The Balaban J connectivity index is 1.56. The van der Waals surface area contributed by atoms with Gasteiger partial charge in [-0.1, -0.05) is 12.1 Å². The fourth-order valence-corrected chi connectivity index (χ4v) is 2.31. The lowest BCUT2D eigenvalue weighted by Crippen LogP contribution is -2.12. The standard InChI is InChI=1S/C20H18FN3O2/c1-26-18-9-2-14(3-10-18)12-22-19-11-4-15(13-23-19)20(25)24-17-7-5-16(21)6-8-17/h2-11,13H,12H2,1H3,(H,22,23)(H,24,25). The molecule has 0 fully saturated rings. The first-order valence-electron chi connectivity index (χ1n) is 8.04. The van der Waals surface area contributed by atoms with Crippen LogP contribution in [0.25, 0.3) is 0 Å². The molecule has 0 aliphatic rings. The van der Waals surface area contributed by atoms with Crippen LogP contribution >= 0.6 is 0 Å². The SMILES string of the molecule is COc1ccc(CNc2ccc(C(=O)Nc3ccc(F)cc3)cn2)cc1. The Morgan fingerprint density at radius 1 is 1.04 bits per heavy atom. The summed E-state index contributed by atoms with van der Waals surface area (Å²) in [6.45, 7) is 0.609. The van der Waals surface area contributed by atoms with Crippen LogP contribution in [0.2, 0.25) is 0 Å². The number of nitrogens with zero attached hydrogens (tertiary/aromatic N) is 1. The van der Waals surface area contributed by atoms with Crippen LogP contribution in [0.1, 0.15) is 15.9 Å². The highest BCUT2D eigenvalue weighted by atomic mass is 19.1. The van der Waals surface area contributed by atoms with Crippen LogP contribution in [0, 0.1) is 5.82 Å². The number of amides is 1. The van der Waals surface area contributed by atoms with Crippen LogP contribution in [0.3, 0.4) is 0 Å². The van der Waals surface area contributed by atoms with E-state index in [2.05, 4.69) is 15.6 Å². The van der Waals surface area contributed by atoms with Crippen molar-refractivity contribution in [3.05, 3.63) is 83.8 Å². The van der Waals surface area contributed by atoms with E-state index in [1.54, 1.807) is 19.2 Å². The van der Waals surface area contributed by atoms with Crippen LogP contribution in [0.15, 0.2) is 66.9 Å². The fourth-order valence-electron chi connectivity index (χ4n) is 2.31. The maximum atomic E-state index is 12.9. The van der Waals surface area contributed by atoms with Crippen molar-refractivity contribution in [2.24, 2.45) is 0 Å². The van der Waals surface area contributed by atoms with E-state index >= 15 is 0 Å². The molecule has 0 saturated carbocycles. The maximum absolute atomic E-state index is 12.9. The molecule has 6 heteroatoms. The molecule has 1 heterocycles. The number of methoxy groups -OCH3 is 1. The van der Waals surface area contributed by atoms with Gasteiger partial charge in [0.2, 0.25) is 0 Å². The van der Waals surface area contributed by atoms with Gasteiger partial charge in [-0.3, -0.25) is 4.79 Å². The van der Waals surface area contributed by atoms with Crippen molar-refractivity contribution in [2.45, 2.75) is 6.54 Å². The Kier molecular flexibility index (Phi) is 5.43. The van der Waals surface area contributed by atoms with Crippen LogP contribution in [-0.4, -0.2) is 18.0 Å². The first-order chi connectivity index (χ1) is 12.6. The van der Waals surface area contributed by atoms with E-state index in [1.807, 2.05) is 24.3 Å². The van der Waals surface area contributed by atoms with Crippen molar-refractivity contribution in [3.63, 3.8) is 0 Å². The molecule has 1 amide bonds. The molecule has 0 radical (unpaired) electrons. The number of rotatable bonds is 6. The summed E-state index contributed by atoms with van der Waals surface area (Å²) >= 11 is 0. The fraction of sp³-hybridized carbons (Fsp3) is 0.100. The van der Waals surface area contributed by atoms with Crippen molar-refractivity contribution in [1.29, 1.82) is 0 Å². The molecule has 0 bridgehead atoms. The summed E-state index contributed by atoms with van der Waals surface area (Å²) in [5, 5.41) is 5.89. The number of ether oxygens (including phenoxy) is 1. The summed E-state index contributed by atoms with van der Waals surface area (Å²) in [6, 6.07) is 16.7. The minimum Gasteiger partial charge on any atom is -0.497 e. The van der Waals surface area contributed by atoms with Crippen molar-refractivity contribution in [2.75, 3.05) is 17.7 Å². The largest absolute Gasteiger partial charge is 0.497 e. The predicted octanol–water partition coefficient (Wildman–Crippen LogP) is 4.09. The minimum absolute atomic E-state index is 0.300. The molecule has 0 unspecified atom stereocenters. The number of carbonyl (C=O) groups excluding carboxylic acids is 1. The normalized spacial score (nSPS) is 10.2. The Hall–Kier alpha value is -3.41. The zero-order valence-electron chi connectivity index (χ0n) is 14.2. The highest BCUT2D eigenvalue weighted by Crippen LogP contribution is 2.14. The average molecular weight is 351 g/mol. The molecule has 2 aromatic carbocycles. The van der Waals surface area contributed by atoms with Gasteiger partial charge in [0.15, 0.2) is 0 Å². The van der Waals surface area contributed by atoms with Gasteiger partial charge in [-0.2, -0.15) is 0 Å². The molecule has 3 rings (SSSR count). The summed E-state index contributed by atoms with van der Waals surface area (Å²) < 4.78 is 18.0. The van der Waals surface area contributed by atoms with E-state index in [9.17, 15) is 9.18 Å². The third-order valence-corrected chi connectivity index (χ3v) is 3.76. The van der Waals surface area contributed by atoms with Crippen LogP contribution in [0.4, 0.5) is 15.9 Å². The summed E-state index contributed by atoms with van der Waals surface area (Å²) in [4.78, 5) is 16.4. The number of benzene rings is 2. The van der Waals surface area contributed by atoms with E-state index < -0.39 is 0 Å². The van der Waals surface area contributed by atoms with Gasteiger partial charge >= 0.3 is 0 Å². The molecule has 2 N–H and O–H groups in total. The summed E-state index contributed by atoms with van der Waals surface area (Å²) in [7, 11) is 1.63. The lowest BCUT2D eigenvalue weighted by molar-refractivity contribution is 0.102.